The van der Waals surface area contributed by atoms with Crippen LogP contribution in [0.15, 0.2) is 0 Å². The fourth-order valence-corrected chi connectivity index (χ4v) is 1.97. The van der Waals surface area contributed by atoms with Crippen molar-refractivity contribution in [2.75, 3.05) is 6.54 Å². The molecule has 3 nitrogen and oxygen atoms in total. The van der Waals surface area contributed by atoms with Crippen LogP contribution in [-0.2, 0) is 4.74 Å². The first kappa shape index (κ1) is 12.4. The monoisotopic (exact) mass is 229 g/mol. The zero-order chi connectivity index (χ0) is 11.5. The normalized spacial score (nSPS) is 21.5. The van der Waals surface area contributed by atoms with E-state index in [1.54, 1.807) is 10.3 Å². The van der Waals surface area contributed by atoms with Gasteiger partial charge in [0.2, 0.25) is 0 Å². The summed E-state index contributed by atoms with van der Waals surface area (Å²) in [5.74, 6) is 0. The van der Waals surface area contributed by atoms with Crippen LogP contribution in [0.5, 0.6) is 0 Å². The lowest BCUT2D eigenvalue weighted by Crippen LogP contribution is -2.39. The quantitative estimate of drug-likeness (QED) is 0.682. The van der Waals surface area contributed by atoms with E-state index in [1.165, 1.54) is 0 Å². The maximum Gasteiger partial charge on any atom is 0.410 e. The predicted molar refractivity (Wildman–Crippen MR) is 64.2 cm³/mol. The number of amides is 1. The molecule has 86 valence electrons. The summed E-state index contributed by atoms with van der Waals surface area (Å²) in [7, 11) is 0. The van der Waals surface area contributed by atoms with Gasteiger partial charge in [-0.15, -0.1) is 0 Å². The van der Waals surface area contributed by atoms with Crippen LogP contribution in [0.25, 0.3) is 0 Å². The molecule has 1 unspecified atom stereocenters. The molecule has 0 aromatic heterocycles. The molecule has 1 aliphatic heterocycles. The molecule has 1 amide bonds. The number of carbonyl (C=O) groups is 1. The van der Waals surface area contributed by atoms with E-state index in [1.807, 2.05) is 20.8 Å². The van der Waals surface area contributed by atoms with Crippen LogP contribution in [-0.4, -0.2) is 34.5 Å². The summed E-state index contributed by atoms with van der Waals surface area (Å²) in [6.07, 6.45) is 2.66. The molecule has 0 aromatic carbocycles. The molecule has 0 saturated carbocycles. The number of rotatable bonds is 2. The van der Waals surface area contributed by atoms with Crippen molar-refractivity contribution in [3.8, 4) is 0 Å². The second-order valence-corrected chi connectivity index (χ2v) is 5.21. The van der Waals surface area contributed by atoms with E-state index >= 15 is 0 Å². The summed E-state index contributed by atoms with van der Waals surface area (Å²) < 4.78 is 5.34. The molecular formula is C11H19NO2S. The van der Waals surface area contributed by atoms with Crippen LogP contribution in [0, 0.1) is 0 Å². The Hall–Kier alpha value is -0.640. The molecule has 15 heavy (non-hydrogen) atoms. The minimum atomic E-state index is -0.415. The Kier molecular flexibility index (Phi) is 4.08. The molecule has 0 spiro atoms. The molecular weight excluding hydrogens is 210 g/mol. The first-order chi connectivity index (χ1) is 6.94. The lowest BCUT2D eigenvalue weighted by atomic mass is 10.2. The molecule has 0 aliphatic carbocycles. The zero-order valence-electron chi connectivity index (χ0n) is 9.66. The van der Waals surface area contributed by atoms with Gasteiger partial charge in [0.1, 0.15) is 5.60 Å². The standard InChI is InChI=1S/C11H19NO2S/c1-11(2,3)14-10(13)12-7-4-5-9(12)6-8-15/h8-9H,4-7H2,1-3H3. The van der Waals surface area contributed by atoms with Crippen molar-refractivity contribution in [3.63, 3.8) is 0 Å². The van der Waals surface area contributed by atoms with Gasteiger partial charge < -0.3 is 9.64 Å². The molecule has 1 atom stereocenters. The molecule has 1 heterocycles. The summed E-state index contributed by atoms with van der Waals surface area (Å²) in [5, 5.41) is 1.70. The van der Waals surface area contributed by atoms with E-state index in [0.29, 0.717) is 0 Å². The fraction of sp³-hybridized carbons (Fsp3) is 0.818. The first-order valence-electron chi connectivity index (χ1n) is 5.37. The topological polar surface area (TPSA) is 29.5 Å². The third-order valence-electron chi connectivity index (χ3n) is 2.37. The molecule has 4 heteroatoms. The Morgan fingerprint density at radius 1 is 1.60 bits per heavy atom. The largest absolute Gasteiger partial charge is 0.444 e. The van der Waals surface area contributed by atoms with Crippen LogP contribution >= 0.6 is 12.2 Å². The average Bonchev–Trinajstić information content (AvgIpc) is 2.49. The Labute approximate surface area is 96.8 Å². The highest BCUT2D eigenvalue weighted by Crippen LogP contribution is 2.22. The Morgan fingerprint density at radius 2 is 2.27 bits per heavy atom. The Balaban J connectivity index is 2.54. The minimum Gasteiger partial charge on any atom is -0.444 e. The second-order valence-electron chi connectivity index (χ2n) is 4.87. The van der Waals surface area contributed by atoms with Gasteiger partial charge in [-0.3, -0.25) is 0 Å². The van der Waals surface area contributed by atoms with E-state index in [2.05, 4.69) is 0 Å². The molecule has 0 radical (unpaired) electrons. The zero-order valence-corrected chi connectivity index (χ0v) is 10.5. The van der Waals surface area contributed by atoms with Gasteiger partial charge in [-0.1, -0.05) is 12.2 Å². The molecule has 1 fully saturated rings. The van der Waals surface area contributed by atoms with Gasteiger partial charge >= 0.3 is 6.09 Å². The van der Waals surface area contributed by atoms with Crippen LogP contribution in [0.1, 0.15) is 40.0 Å². The van der Waals surface area contributed by atoms with Crippen molar-refractivity contribution in [1.82, 2.24) is 4.90 Å². The number of hydrogen-bond acceptors (Lipinski definition) is 3. The highest BCUT2D eigenvalue weighted by molar-refractivity contribution is 7.78. The van der Waals surface area contributed by atoms with E-state index in [4.69, 9.17) is 17.0 Å². The first-order valence-corrected chi connectivity index (χ1v) is 5.84. The van der Waals surface area contributed by atoms with Crippen molar-refractivity contribution in [2.45, 2.75) is 51.7 Å². The van der Waals surface area contributed by atoms with Gasteiger partial charge in [0.05, 0.1) is 0 Å². The number of carbonyl (C=O) groups excluding carboxylic acids is 1. The van der Waals surface area contributed by atoms with Gasteiger partial charge in [0.15, 0.2) is 0 Å². The van der Waals surface area contributed by atoms with Crippen molar-refractivity contribution < 1.29 is 9.53 Å². The molecule has 1 aliphatic rings. The second kappa shape index (κ2) is 4.92. The van der Waals surface area contributed by atoms with Crippen LogP contribution in [0.4, 0.5) is 4.79 Å². The van der Waals surface area contributed by atoms with Crippen molar-refractivity contribution in [2.24, 2.45) is 0 Å². The predicted octanol–water partition coefficient (Wildman–Crippen LogP) is 2.78. The summed E-state index contributed by atoms with van der Waals surface area (Å²) in [4.78, 5) is 13.6. The van der Waals surface area contributed by atoms with E-state index in [9.17, 15) is 4.79 Å². The Bertz CT molecular complexity index is 247. The number of ether oxygens (including phenoxy) is 1. The van der Waals surface area contributed by atoms with Gasteiger partial charge in [0.25, 0.3) is 0 Å². The smallest absolute Gasteiger partial charge is 0.410 e. The number of likely N-dealkylation sites (tertiary alicyclic amines) is 1. The van der Waals surface area contributed by atoms with Crippen LogP contribution in [0.2, 0.25) is 0 Å². The number of thiocarbonyl (C=S) groups is 1. The molecule has 1 saturated heterocycles. The van der Waals surface area contributed by atoms with Crippen LogP contribution in [0.3, 0.4) is 0 Å². The van der Waals surface area contributed by atoms with Gasteiger partial charge in [0, 0.05) is 12.6 Å². The summed E-state index contributed by atoms with van der Waals surface area (Å²) in [5.41, 5.74) is -0.415. The van der Waals surface area contributed by atoms with Gasteiger partial charge in [-0.25, -0.2) is 4.79 Å². The summed E-state index contributed by atoms with van der Waals surface area (Å²) in [6, 6.07) is 0.248. The lowest BCUT2D eigenvalue weighted by Gasteiger charge is -2.27. The minimum absolute atomic E-state index is 0.207. The average molecular weight is 229 g/mol. The van der Waals surface area contributed by atoms with Crippen molar-refractivity contribution in [3.05, 3.63) is 0 Å². The number of nitrogens with zero attached hydrogens (tertiary/aromatic N) is 1. The van der Waals surface area contributed by atoms with E-state index in [0.717, 1.165) is 25.8 Å². The molecule has 1 rings (SSSR count). The number of hydrogen-bond donors (Lipinski definition) is 0. The Morgan fingerprint density at radius 3 is 2.80 bits per heavy atom. The molecule has 0 bridgehead atoms. The van der Waals surface area contributed by atoms with Crippen LogP contribution < -0.4 is 0 Å². The third kappa shape index (κ3) is 3.78. The van der Waals surface area contributed by atoms with Crippen molar-refractivity contribution in [1.29, 1.82) is 0 Å². The van der Waals surface area contributed by atoms with Gasteiger partial charge in [-0.2, -0.15) is 0 Å². The lowest BCUT2D eigenvalue weighted by molar-refractivity contribution is 0.0232. The van der Waals surface area contributed by atoms with E-state index in [-0.39, 0.29) is 12.1 Å². The maximum atomic E-state index is 11.8. The third-order valence-corrected chi connectivity index (χ3v) is 2.57. The fourth-order valence-electron chi connectivity index (χ4n) is 1.75. The van der Waals surface area contributed by atoms with E-state index < -0.39 is 5.60 Å². The molecule has 0 aromatic rings. The SMILES string of the molecule is CC(C)(C)OC(=O)N1CCCC1CC=S. The molecule has 0 N–H and O–H groups in total. The summed E-state index contributed by atoms with van der Waals surface area (Å²) >= 11 is 4.83. The highest BCUT2D eigenvalue weighted by atomic mass is 32.1. The highest BCUT2D eigenvalue weighted by Gasteiger charge is 2.31. The van der Waals surface area contributed by atoms with Crippen molar-refractivity contribution >= 4 is 23.7 Å². The summed E-state index contributed by atoms with van der Waals surface area (Å²) in [6.45, 7) is 6.45. The maximum absolute atomic E-state index is 11.8. The van der Waals surface area contributed by atoms with Gasteiger partial charge in [-0.05, 0) is 45.4 Å².